The van der Waals surface area contributed by atoms with E-state index in [1.165, 1.54) is 22.5 Å². The van der Waals surface area contributed by atoms with Crippen molar-refractivity contribution in [3.05, 3.63) is 58.6 Å². The van der Waals surface area contributed by atoms with Crippen molar-refractivity contribution in [2.24, 2.45) is 0 Å². The van der Waals surface area contributed by atoms with E-state index in [-0.39, 0.29) is 15.8 Å². The second kappa shape index (κ2) is 8.98. The molecule has 1 fully saturated rings. The van der Waals surface area contributed by atoms with Gasteiger partial charge in [-0.05, 0) is 56.2 Å². The second-order valence-corrected chi connectivity index (χ2v) is 9.14. The molecule has 3 rings (SSSR count). The Kier molecular flexibility index (Phi) is 6.62. The number of hydrogen-bond acceptors (Lipinski definition) is 4. The van der Waals surface area contributed by atoms with Gasteiger partial charge in [-0.2, -0.15) is 4.31 Å². The van der Waals surface area contributed by atoms with Crippen molar-refractivity contribution in [3.8, 4) is 5.75 Å². The number of nitrogens with zero attached hydrogens (tertiary/aromatic N) is 1. The fourth-order valence-electron chi connectivity index (χ4n) is 3.18. The predicted molar refractivity (Wildman–Crippen MR) is 115 cm³/mol. The number of sulfonamides is 1. The lowest BCUT2D eigenvalue weighted by Gasteiger charge is -2.17. The molecular formula is C21H23ClN2O4S. The fraction of sp³-hybridized carbons (Fsp3) is 0.286. The number of carbonyl (C=O) groups is 1. The Bertz CT molecular complexity index is 1040. The largest absolute Gasteiger partial charge is 0.496 e. The molecule has 1 amide bonds. The zero-order valence-corrected chi connectivity index (χ0v) is 17.9. The summed E-state index contributed by atoms with van der Waals surface area (Å²) in [6, 6.07) is 10.1. The van der Waals surface area contributed by atoms with Gasteiger partial charge < -0.3 is 10.1 Å². The zero-order valence-electron chi connectivity index (χ0n) is 16.3. The SMILES string of the molecule is COc1ccc(C)cc1/C=C/C(=O)Nc1ccc(Cl)c(S(=O)(=O)N2CCCC2)c1. The highest BCUT2D eigenvalue weighted by Gasteiger charge is 2.29. The van der Waals surface area contributed by atoms with Crippen LogP contribution in [0.25, 0.3) is 6.08 Å². The molecule has 8 heteroatoms. The van der Waals surface area contributed by atoms with E-state index < -0.39 is 10.0 Å². The van der Waals surface area contributed by atoms with Crippen LogP contribution in [0, 0.1) is 6.92 Å². The van der Waals surface area contributed by atoms with Gasteiger partial charge in [-0.15, -0.1) is 0 Å². The molecule has 1 N–H and O–H groups in total. The van der Waals surface area contributed by atoms with Gasteiger partial charge in [0.2, 0.25) is 15.9 Å². The number of hydrogen-bond donors (Lipinski definition) is 1. The summed E-state index contributed by atoms with van der Waals surface area (Å²) in [6.07, 6.45) is 4.69. The van der Waals surface area contributed by atoms with Gasteiger partial charge in [0.15, 0.2) is 0 Å². The summed E-state index contributed by atoms with van der Waals surface area (Å²) in [5.41, 5.74) is 2.18. The Labute approximate surface area is 176 Å². The van der Waals surface area contributed by atoms with Crippen LogP contribution in [-0.2, 0) is 14.8 Å². The van der Waals surface area contributed by atoms with Crippen LogP contribution in [0.1, 0.15) is 24.0 Å². The lowest BCUT2D eigenvalue weighted by Crippen LogP contribution is -2.28. The van der Waals surface area contributed by atoms with Crippen LogP contribution in [0.15, 0.2) is 47.4 Å². The van der Waals surface area contributed by atoms with E-state index in [1.54, 1.807) is 19.3 Å². The Morgan fingerprint density at radius 2 is 1.90 bits per heavy atom. The maximum absolute atomic E-state index is 12.8. The van der Waals surface area contributed by atoms with Crippen molar-refractivity contribution >= 4 is 39.3 Å². The fourth-order valence-corrected chi connectivity index (χ4v) is 5.20. The molecule has 2 aromatic carbocycles. The summed E-state index contributed by atoms with van der Waals surface area (Å²) in [7, 11) is -2.11. The normalized spacial score (nSPS) is 15.0. The Morgan fingerprint density at radius 3 is 2.59 bits per heavy atom. The van der Waals surface area contributed by atoms with E-state index >= 15 is 0 Å². The second-order valence-electron chi connectivity index (χ2n) is 6.82. The van der Waals surface area contributed by atoms with Crippen LogP contribution < -0.4 is 10.1 Å². The van der Waals surface area contributed by atoms with Gasteiger partial charge in [0, 0.05) is 30.4 Å². The minimum Gasteiger partial charge on any atom is -0.496 e. The van der Waals surface area contributed by atoms with Gasteiger partial charge in [-0.1, -0.05) is 23.2 Å². The molecule has 0 saturated carbocycles. The first-order chi connectivity index (χ1) is 13.8. The number of carbonyl (C=O) groups excluding carboxylic acids is 1. The highest BCUT2D eigenvalue weighted by molar-refractivity contribution is 7.89. The van der Waals surface area contributed by atoms with E-state index in [1.807, 2.05) is 25.1 Å². The molecule has 0 bridgehead atoms. The van der Waals surface area contributed by atoms with Crippen molar-refractivity contribution in [2.75, 3.05) is 25.5 Å². The standard InChI is InChI=1S/C21H23ClN2O4S/c1-15-5-9-19(28-2)16(13-15)6-10-21(25)23-17-7-8-18(22)20(14-17)29(26,27)24-11-3-4-12-24/h5-10,13-14H,3-4,11-12H2,1-2H3,(H,23,25)/b10-6+. The van der Waals surface area contributed by atoms with Crippen molar-refractivity contribution in [3.63, 3.8) is 0 Å². The molecule has 2 aromatic rings. The molecule has 6 nitrogen and oxygen atoms in total. The summed E-state index contributed by atoms with van der Waals surface area (Å²) in [4.78, 5) is 12.3. The molecule has 1 aliphatic rings. The monoisotopic (exact) mass is 434 g/mol. The molecular weight excluding hydrogens is 412 g/mol. The first-order valence-corrected chi connectivity index (χ1v) is 11.1. The Hall–Kier alpha value is -2.35. The third-order valence-corrected chi connectivity index (χ3v) is 7.06. The van der Waals surface area contributed by atoms with E-state index in [9.17, 15) is 13.2 Å². The minimum atomic E-state index is -3.68. The lowest BCUT2D eigenvalue weighted by atomic mass is 10.1. The number of anilines is 1. The molecule has 0 atom stereocenters. The average Bonchev–Trinajstić information content (AvgIpc) is 3.23. The number of nitrogens with one attached hydrogen (secondary N) is 1. The van der Waals surface area contributed by atoms with Gasteiger partial charge in [-0.3, -0.25) is 4.79 Å². The van der Waals surface area contributed by atoms with Crippen LogP contribution in [0.4, 0.5) is 5.69 Å². The highest BCUT2D eigenvalue weighted by Crippen LogP contribution is 2.29. The topological polar surface area (TPSA) is 75.7 Å². The molecule has 0 aromatic heterocycles. The summed E-state index contributed by atoms with van der Waals surface area (Å²) in [5.74, 6) is 0.269. The molecule has 0 radical (unpaired) electrons. The molecule has 0 aliphatic carbocycles. The van der Waals surface area contributed by atoms with Crippen LogP contribution in [0.2, 0.25) is 5.02 Å². The number of benzene rings is 2. The molecule has 1 aliphatic heterocycles. The maximum Gasteiger partial charge on any atom is 0.248 e. The molecule has 1 heterocycles. The molecule has 0 spiro atoms. The number of methoxy groups -OCH3 is 1. The summed E-state index contributed by atoms with van der Waals surface area (Å²) >= 11 is 6.14. The number of aryl methyl sites for hydroxylation is 1. The smallest absolute Gasteiger partial charge is 0.248 e. The van der Waals surface area contributed by atoms with Crippen molar-refractivity contribution in [1.29, 1.82) is 0 Å². The van der Waals surface area contributed by atoms with Crippen molar-refractivity contribution in [2.45, 2.75) is 24.7 Å². The average molecular weight is 435 g/mol. The van der Waals surface area contributed by atoms with Crippen LogP contribution >= 0.6 is 11.6 Å². The van der Waals surface area contributed by atoms with E-state index in [2.05, 4.69) is 5.32 Å². The third-order valence-electron chi connectivity index (χ3n) is 4.68. The van der Waals surface area contributed by atoms with Gasteiger partial charge in [-0.25, -0.2) is 8.42 Å². The third kappa shape index (κ3) is 4.98. The van der Waals surface area contributed by atoms with Gasteiger partial charge >= 0.3 is 0 Å². The van der Waals surface area contributed by atoms with Gasteiger partial charge in [0.05, 0.1) is 12.1 Å². The van der Waals surface area contributed by atoms with E-state index in [0.717, 1.165) is 24.0 Å². The first-order valence-electron chi connectivity index (χ1n) is 9.24. The zero-order chi connectivity index (χ0) is 21.0. The van der Waals surface area contributed by atoms with E-state index in [0.29, 0.717) is 24.5 Å². The number of amides is 1. The quantitative estimate of drug-likeness (QED) is 0.694. The Balaban J connectivity index is 1.79. The molecule has 29 heavy (non-hydrogen) atoms. The summed E-state index contributed by atoms with van der Waals surface area (Å²) in [6.45, 7) is 2.92. The number of halogens is 1. The predicted octanol–water partition coefficient (Wildman–Crippen LogP) is 4.09. The van der Waals surface area contributed by atoms with Crippen molar-refractivity contribution < 1.29 is 17.9 Å². The lowest BCUT2D eigenvalue weighted by molar-refractivity contribution is -0.111. The van der Waals surface area contributed by atoms with Gasteiger partial charge in [0.25, 0.3) is 0 Å². The summed E-state index contributed by atoms with van der Waals surface area (Å²) < 4.78 is 32.3. The van der Waals surface area contributed by atoms with Crippen LogP contribution in [-0.4, -0.2) is 38.8 Å². The minimum absolute atomic E-state index is 0.00296. The van der Waals surface area contributed by atoms with Crippen LogP contribution in [0.5, 0.6) is 5.75 Å². The van der Waals surface area contributed by atoms with Crippen LogP contribution in [0.3, 0.4) is 0 Å². The highest BCUT2D eigenvalue weighted by atomic mass is 35.5. The first kappa shape index (κ1) is 21.4. The summed E-state index contributed by atoms with van der Waals surface area (Å²) in [5, 5.41) is 2.82. The van der Waals surface area contributed by atoms with Crippen molar-refractivity contribution in [1.82, 2.24) is 4.31 Å². The molecule has 154 valence electrons. The maximum atomic E-state index is 12.8. The molecule has 1 saturated heterocycles. The number of rotatable bonds is 6. The van der Waals surface area contributed by atoms with Gasteiger partial charge in [0.1, 0.15) is 10.6 Å². The Morgan fingerprint density at radius 1 is 1.17 bits per heavy atom. The number of ether oxygens (including phenoxy) is 1. The molecule has 0 unspecified atom stereocenters. The van der Waals surface area contributed by atoms with E-state index in [4.69, 9.17) is 16.3 Å².